The Balaban J connectivity index is 1.86. The molecule has 0 spiro atoms. The lowest BCUT2D eigenvalue weighted by molar-refractivity contribution is -0.117. The van der Waals surface area contributed by atoms with Crippen LogP contribution in [0.1, 0.15) is 28.4 Å². The van der Waals surface area contributed by atoms with Crippen molar-refractivity contribution in [1.82, 2.24) is 10.7 Å². The van der Waals surface area contributed by atoms with Gasteiger partial charge in [0.15, 0.2) is 0 Å². The van der Waals surface area contributed by atoms with Crippen LogP contribution in [0.25, 0.3) is 6.08 Å². The Bertz CT molecular complexity index is 1180. The van der Waals surface area contributed by atoms with Crippen molar-refractivity contribution in [1.29, 1.82) is 0 Å². The van der Waals surface area contributed by atoms with Gasteiger partial charge in [0.1, 0.15) is 11.4 Å². The van der Waals surface area contributed by atoms with E-state index in [0.717, 1.165) is 11.3 Å². The second kappa shape index (κ2) is 10.8. The van der Waals surface area contributed by atoms with Gasteiger partial charge in [-0.3, -0.25) is 9.59 Å². The molecule has 0 atom stereocenters. The van der Waals surface area contributed by atoms with E-state index in [1.165, 1.54) is 0 Å². The Hall–Kier alpha value is -4.39. The molecule has 0 heterocycles. The summed E-state index contributed by atoms with van der Waals surface area (Å²) in [4.78, 5) is 27.6. The minimum absolute atomic E-state index is 0.0373. The van der Waals surface area contributed by atoms with E-state index in [1.807, 2.05) is 49.3 Å². The summed E-state index contributed by atoms with van der Waals surface area (Å²) in [5, 5.41) is 16.8. The minimum Gasteiger partial charge on any atom is -0.507 e. The maximum absolute atomic E-state index is 12.9. The molecule has 0 fully saturated rings. The summed E-state index contributed by atoms with van der Waals surface area (Å²) in [6, 6.07) is 22.9. The summed E-state index contributed by atoms with van der Waals surface area (Å²) in [7, 11) is 3.88. The third kappa shape index (κ3) is 6.30. The van der Waals surface area contributed by atoms with Crippen LogP contribution in [0.2, 0.25) is 0 Å². The summed E-state index contributed by atoms with van der Waals surface area (Å²) >= 11 is 0. The minimum atomic E-state index is -0.592. The number of aromatic hydroxyl groups is 1. The largest absolute Gasteiger partial charge is 0.507 e. The molecule has 0 bridgehead atoms. The average Bonchev–Trinajstić information content (AvgIpc) is 2.83. The van der Waals surface area contributed by atoms with Gasteiger partial charge in [-0.1, -0.05) is 42.5 Å². The second-order valence-electron chi connectivity index (χ2n) is 7.52. The summed E-state index contributed by atoms with van der Waals surface area (Å²) in [5.74, 6) is -0.948. The molecule has 33 heavy (non-hydrogen) atoms. The van der Waals surface area contributed by atoms with Crippen molar-refractivity contribution < 1.29 is 14.7 Å². The van der Waals surface area contributed by atoms with E-state index in [1.54, 1.807) is 61.5 Å². The molecule has 0 saturated heterocycles. The molecule has 0 aliphatic heterocycles. The highest BCUT2D eigenvalue weighted by atomic mass is 16.3. The van der Waals surface area contributed by atoms with Crippen LogP contribution in [0.15, 0.2) is 89.7 Å². The van der Waals surface area contributed by atoms with Crippen molar-refractivity contribution in [2.45, 2.75) is 6.92 Å². The van der Waals surface area contributed by atoms with E-state index >= 15 is 0 Å². The normalized spacial score (nSPS) is 11.6. The summed E-state index contributed by atoms with van der Waals surface area (Å²) in [6.07, 6.45) is 1.58. The highest BCUT2D eigenvalue weighted by Crippen LogP contribution is 2.17. The second-order valence-corrected chi connectivity index (χ2v) is 7.52. The predicted octanol–water partition coefficient (Wildman–Crippen LogP) is 3.77. The molecule has 7 nitrogen and oxygen atoms in total. The fraction of sp³-hybridized carbons (Fsp3) is 0.115. The molecule has 3 aromatic rings. The Morgan fingerprint density at radius 1 is 0.909 bits per heavy atom. The van der Waals surface area contributed by atoms with Crippen molar-refractivity contribution in [3.05, 3.63) is 101 Å². The topological polar surface area (TPSA) is 94.0 Å². The van der Waals surface area contributed by atoms with Gasteiger partial charge in [0, 0.05) is 30.9 Å². The molecule has 3 N–H and O–H groups in total. The number of anilines is 1. The summed E-state index contributed by atoms with van der Waals surface area (Å²) < 4.78 is 0. The van der Waals surface area contributed by atoms with Gasteiger partial charge in [-0.15, -0.1) is 0 Å². The first-order valence-corrected chi connectivity index (χ1v) is 10.3. The summed E-state index contributed by atoms with van der Waals surface area (Å²) in [5.41, 5.74) is 5.59. The Morgan fingerprint density at radius 3 is 2.18 bits per heavy atom. The van der Waals surface area contributed by atoms with E-state index in [4.69, 9.17) is 0 Å². The van der Waals surface area contributed by atoms with Crippen molar-refractivity contribution in [3.63, 3.8) is 0 Å². The zero-order chi connectivity index (χ0) is 23.8. The number of phenols is 1. The molecule has 3 rings (SSSR count). The highest BCUT2D eigenvalue weighted by Gasteiger charge is 2.15. The molecule has 0 radical (unpaired) electrons. The quantitative estimate of drug-likeness (QED) is 0.295. The number of hydrogen-bond acceptors (Lipinski definition) is 5. The van der Waals surface area contributed by atoms with E-state index in [9.17, 15) is 14.7 Å². The number of hydrogen-bond donors (Lipinski definition) is 3. The number of phenolic OH excluding ortho intramolecular Hbond substituents is 1. The van der Waals surface area contributed by atoms with Gasteiger partial charge >= 0.3 is 0 Å². The van der Waals surface area contributed by atoms with Crippen LogP contribution < -0.4 is 15.6 Å². The number of carbonyl (C=O) groups is 2. The maximum Gasteiger partial charge on any atom is 0.287 e. The molecule has 2 amide bonds. The summed E-state index contributed by atoms with van der Waals surface area (Å²) in [6.45, 7) is 1.67. The number of hydrazone groups is 1. The average molecular weight is 443 g/mol. The maximum atomic E-state index is 12.9. The van der Waals surface area contributed by atoms with Crippen molar-refractivity contribution >= 4 is 29.3 Å². The molecule has 3 aromatic carbocycles. The molecule has 7 heteroatoms. The third-order valence-corrected chi connectivity index (χ3v) is 4.87. The van der Waals surface area contributed by atoms with E-state index in [0.29, 0.717) is 16.8 Å². The van der Waals surface area contributed by atoms with Gasteiger partial charge in [0.25, 0.3) is 11.8 Å². The van der Waals surface area contributed by atoms with Gasteiger partial charge in [-0.2, -0.15) is 5.10 Å². The fourth-order valence-electron chi connectivity index (χ4n) is 3.01. The van der Waals surface area contributed by atoms with Gasteiger partial charge < -0.3 is 15.3 Å². The smallest absolute Gasteiger partial charge is 0.287 e. The molecule has 0 aromatic heterocycles. The van der Waals surface area contributed by atoms with Crippen LogP contribution in [-0.2, 0) is 4.79 Å². The zero-order valence-corrected chi connectivity index (χ0v) is 18.7. The molecule has 0 saturated carbocycles. The zero-order valence-electron chi connectivity index (χ0n) is 18.7. The first-order valence-electron chi connectivity index (χ1n) is 10.3. The van der Waals surface area contributed by atoms with Crippen LogP contribution in [0.5, 0.6) is 5.75 Å². The number of rotatable bonds is 7. The number of nitrogens with zero attached hydrogens (tertiary/aromatic N) is 2. The first-order chi connectivity index (χ1) is 15.8. The lowest BCUT2D eigenvalue weighted by atomic mass is 10.1. The molecular weight excluding hydrogens is 416 g/mol. The number of benzene rings is 3. The number of nitrogens with one attached hydrogen (secondary N) is 2. The van der Waals surface area contributed by atoms with Crippen LogP contribution in [0.4, 0.5) is 5.69 Å². The number of amides is 2. The van der Waals surface area contributed by atoms with Crippen molar-refractivity contribution in [2.75, 3.05) is 19.0 Å². The third-order valence-electron chi connectivity index (χ3n) is 4.87. The fourth-order valence-corrected chi connectivity index (χ4v) is 3.01. The molecule has 0 aliphatic carbocycles. The Labute approximate surface area is 193 Å². The lowest BCUT2D eigenvalue weighted by Gasteiger charge is -2.13. The molecule has 0 unspecified atom stereocenters. The van der Waals surface area contributed by atoms with Gasteiger partial charge in [0.05, 0.1) is 5.71 Å². The van der Waals surface area contributed by atoms with Crippen LogP contribution in [0, 0.1) is 0 Å². The van der Waals surface area contributed by atoms with Gasteiger partial charge in [-0.25, -0.2) is 5.43 Å². The van der Waals surface area contributed by atoms with Crippen LogP contribution in [-0.4, -0.2) is 36.7 Å². The van der Waals surface area contributed by atoms with Crippen LogP contribution >= 0.6 is 0 Å². The molecule has 168 valence electrons. The first kappa shape index (κ1) is 23.3. The van der Waals surface area contributed by atoms with Crippen molar-refractivity contribution in [3.8, 4) is 5.75 Å². The highest BCUT2D eigenvalue weighted by molar-refractivity contribution is 6.06. The van der Waals surface area contributed by atoms with Gasteiger partial charge in [-0.05, 0) is 55.0 Å². The molecular formula is C26H26N4O3. The SMILES string of the molecule is C/C(=N\NC(=O)/C(=C/c1ccc(N(C)C)cc1)NC(=O)c1ccccc1)c1ccccc1O. The monoisotopic (exact) mass is 442 g/mol. The van der Waals surface area contributed by atoms with Gasteiger partial charge in [0.2, 0.25) is 0 Å². The molecule has 0 aliphatic rings. The standard InChI is InChI=1S/C26H26N4O3/c1-18(22-11-7-8-12-24(22)31)28-29-26(33)23(27-25(32)20-9-5-4-6-10-20)17-19-13-15-21(16-14-19)30(2)3/h4-17,31H,1-3H3,(H,27,32)(H,29,33)/b23-17-,28-18+. The van der Waals surface area contributed by atoms with E-state index < -0.39 is 11.8 Å². The number of carbonyl (C=O) groups excluding carboxylic acids is 2. The Kier molecular flexibility index (Phi) is 7.60. The lowest BCUT2D eigenvalue weighted by Crippen LogP contribution is -2.33. The van der Waals surface area contributed by atoms with E-state index in [-0.39, 0.29) is 11.4 Å². The number of para-hydroxylation sites is 1. The Morgan fingerprint density at radius 2 is 1.55 bits per heavy atom. The van der Waals surface area contributed by atoms with Crippen LogP contribution in [0.3, 0.4) is 0 Å². The van der Waals surface area contributed by atoms with Crippen molar-refractivity contribution in [2.24, 2.45) is 5.10 Å². The predicted molar refractivity (Wildman–Crippen MR) is 131 cm³/mol. The van der Waals surface area contributed by atoms with E-state index in [2.05, 4.69) is 15.8 Å².